The van der Waals surface area contributed by atoms with E-state index in [1.165, 1.54) is 0 Å². The van der Waals surface area contributed by atoms with E-state index in [4.69, 9.17) is 5.11 Å². The Morgan fingerprint density at radius 2 is 2.19 bits per heavy atom. The third kappa shape index (κ3) is 5.06. The molecule has 6 heteroatoms. The molecule has 1 aromatic heterocycles. The van der Waals surface area contributed by atoms with E-state index >= 15 is 0 Å². The molecule has 0 atom stereocenters. The standard InChI is InChI=1S/C10H12N2O4/c13-9(6-16-7-10(14)15)12-5-8-3-1-2-4-11-8/h1-4H,5-7H2,(H,12,13)(H,14,15). The number of nitrogens with zero attached hydrogens (tertiary/aromatic N) is 1. The van der Waals surface area contributed by atoms with Crippen molar-refractivity contribution in [3.63, 3.8) is 0 Å². The molecule has 0 unspecified atom stereocenters. The Bertz CT molecular complexity index is 353. The van der Waals surface area contributed by atoms with Crippen LogP contribution in [0.3, 0.4) is 0 Å². The van der Waals surface area contributed by atoms with Crippen LogP contribution in [0.4, 0.5) is 0 Å². The summed E-state index contributed by atoms with van der Waals surface area (Å²) in [6.07, 6.45) is 1.63. The molecule has 0 saturated carbocycles. The summed E-state index contributed by atoms with van der Waals surface area (Å²) in [4.78, 5) is 25.2. The average molecular weight is 224 g/mol. The minimum absolute atomic E-state index is 0.265. The smallest absolute Gasteiger partial charge is 0.329 e. The van der Waals surface area contributed by atoms with E-state index in [0.717, 1.165) is 5.69 Å². The van der Waals surface area contributed by atoms with Crippen LogP contribution < -0.4 is 5.32 Å². The Morgan fingerprint density at radius 3 is 2.81 bits per heavy atom. The first-order chi connectivity index (χ1) is 7.68. The zero-order valence-corrected chi connectivity index (χ0v) is 8.55. The predicted octanol–water partition coefficient (Wildman–Crippen LogP) is -0.201. The highest BCUT2D eigenvalue weighted by atomic mass is 16.5. The number of ether oxygens (including phenoxy) is 1. The molecular formula is C10H12N2O4. The minimum Gasteiger partial charge on any atom is -0.480 e. The summed E-state index contributed by atoms with van der Waals surface area (Å²) < 4.78 is 4.61. The SMILES string of the molecule is O=C(O)COCC(=O)NCc1ccccn1. The normalized spacial score (nSPS) is 9.75. The van der Waals surface area contributed by atoms with Gasteiger partial charge in [0.2, 0.25) is 5.91 Å². The first kappa shape index (κ1) is 12.1. The van der Waals surface area contributed by atoms with Crippen LogP contribution in [0.2, 0.25) is 0 Å². The van der Waals surface area contributed by atoms with Crippen LogP contribution in [0.25, 0.3) is 0 Å². The lowest BCUT2D eigenvalue weighted by atomic mass is 10.3. The summed E-state index contributed by atoms with van der Waals surface area (Å²) in [5, 5.41) is 10.8. The van der Waals surface area contributed by atoms with Crippen molar-refractivity contribution in [2.45, 2.75) is 6.54 Å². The first-order valence-electron chi connectivity index (χ1n) is 4.64. The lowest BCUT2D eigenvalue weighted by molar-refractivity contribution is -0.143. The molecule has 0 fully saturated rings. The van der Waals surface area contributed by atoms with E-state index in [1.807, 2.05) is 6.07 Å². The number of amides is 1. The Balaban J connectivity index is 2.18. The van der Waals surface area contributed by atoms with E-state index in [2.05, 4.69) is 15.0 Å². The van der Waals surface area contributed by atoms with Gasteiger partial charge < -0.3 is 15.2 Å². The van der Waals surface area contributed by atoms with Crippen LogP contribution >= 0.6 is 0 Å². The van der Waals surface area contributed by atoms with Gasteiger partial charge in [0.1, 0.15) is 13.2 Å². The third-order valence-corrected chi connectivity index (χ3v) is 1.65. The van der Waals surface area contributed by atoms with Crippen molar-refractivity contribution < 1.29 is 19.4 Å². The number of aliphatic carboxylic acids is 1. The van der Waals surface area contributed by atoms with Crippen molar-refractivity contribution in [2.24, 2.45) is 0 Å². The molecule has 16 heavy (non-hydrogen) atoms. The largest absolute Gasteiger partial charge is 0.480 e. The molecule has 0 bridgehead atoms. The van der Waals surface area contributed by atoms with Crippen molar-refractivity contribution in [3.05, 3.63) is 30.1 Å². The van der Waals surface area contributed by atoms with Crippen LogP contribution in [0.1, 0.15) is 5.69 Å². The van der Waals surface area contributed by atoms with Gasteiger partial charge in [-0.15, -0.1) is 0 Å². The molecule has 1 heterocycles. The summed E-state index contributed by atoms with van der Waals surface area (Å²) in [7, 11) is 0. The van der Waals surface area contributed by atoms with Gasteiger partial charge in [0.15, 0.2) is 0 Å². The lowest BCUT2D eigenvalue weighted by Gasteiger charge is -2.04. The zero-order valence-electron chi connectivity index (χ0n) is 8.55. The molecule has 6 nitrogen and oxygen atoms in total. The van der Waals surface area contributed by atoms with Crippen LogP contribution in [0.15, 0.2) is 24.4 Å². The second-order valence-electron chi connectivity index (χ2n) is 2.98. The fourth-order valence-electron chi connectivity index (χ4n) is 0.974. The number of nitrogens with one attached hydrogen (secondary N) is 1. The summed E-state index contributed by atoms with van der Waals surface area (Å²) in [5.74, 6) is -1.47. The molecular weight excluding hydrogens is 212 g/mol. The maximum atomic E-state index is 11.1. The summed E-state index contributed by atoms with van der Waals surface area (Å²) in [6, 6.07) is 5.37. The quantitative estimate of drug-likeness (QED) is 0.698. The van der Waals surface area contributed by atoms with E-state index in [0.29, 0.717) is 6.54 Å². The van der Waals surface area contributed by atoms with Gasteiger partial charge in [-0.05, 0) is 12.1 Å². The van der Waals surface area contributed by atoms with Gasteiger partial charge in [-0.25, -0.2) is 4.79 Å². The van der Waals surface area contributed by atoms with E-state index in [-0.39, 0.29) is 12.5 Å². The molecule has 0 aromatic carbocycles. The van der Waals surface area contributed by atoms with Crippen molar-refractivity contribution >= 4 is 11.9 Å². The van der Waals surface area contributed by atoms with Gasteiger partial charge in [0.05, 0.1) is 12.2 Å². The molecule has 1 rings (SSSR count). The Labute approximate surface area is 92.3 Å². The van der Waals surface area contributed by atoms with Gasteiger partial charge in [0, 0.05) is 6.20 Å². The number of carboxylic acid groups (broad SMARTS) is 1. The summed E-state index contributed by atoms with van der Waals surface area (Å²) >= 11 is 0. The van der Waals surface area contributed by atoms with E-state index in [9.17, 15) is 9.59 Å². The molecule has 0 aliphatic heterocycles. The molecule has 86 valence electrons. The van der Waals surface area contributed by atoms with Crippen LogP contribution in [0, 0.1) is 0 Å². The van der Waals surface area contributed by atoms with Crippen molar-refractivity contribution in [1.29, 1.82) is 0 Å². The fourth-order valence-corrected chi connectivity index (χ4v) is 0.974. The molecule has 0 aliphatic carbocycles. The topological polar surface area (TPSA) is 88.5 Å². The number of carbonyl (C=O) groups is 2. The Hall–Kier alpha value is -1.95. The molecule has 0 saturated heterocycles. The van der Waals surface area contributed by atoms with Crippen LogP contribution in [-0.2, 0) is 20.9 Å². The van der Waals surface area contributed by atoms with Gasteiger partial charge in [-0.1, -0.05) is 6.07 Å². The third-order valence-electron chi connectivity index (χ3n) is 1.65. The molecule has 0 radical (unpaired) electrons. The summed E-state index contributed by atoms with van der Waals surface area (Å²) in [6.45, 7) is -0.438. The van der Waals surface area contributed by atoms with Crippen molar-refractivity contribution in [1.82, 2.24) is 10.3 Å². The molecule has 1 aromatic rings. The fraction of sp³-hybridized carbons (Fsp3) is 0.300. The number of aromatic nitrogens is 1. The molecule has 0 spiro atoms. The average Bonchev–Trinajstić information content (AvgIpc) is 2.27. The number of carbonyl (C=O) groups excluding carboxylic acids is 1. The van der Waals surface area contributed by atoms with Gasteiger partial charge in [-0.2, -0.15) is 0 Å². The van der Waals surface area contributed by atoms with E-state index in [1.54, 1.807) is 18.3 Å². The lowest BCUT2D eigenvalue weighted by Crippen LogP contribution is -2.28. The maximum Gasteiger partial charge on any atom is 0.329 e. The molecule has 1 amide bonds. The van der Waals surface area contributed by atoms with E-state index < -0.39 is 12.6 Å². The monoisotopic (exact) mass is 224 g/mol. The second kappa shape index (κ2) is 6.52. The number of hydrogen-bond donors (Lipinski definition) is 2. The highest BCUT2D eigenvalue weighted by Crippen LogP contribution is 1.91. The highest BCUT2D eigenvalue weighted by Gasteiger charge is 2.03. The number of carboxylic acids is 1. The highest BCUT2D eigenvalue weighted by molar-refractivity contribution is 5.77. The maximum absolute atomic E-state index is 11.1. The summed E-state index contributed by atoms with van der Waals surface area (Å²) in [5.41, 5.74) is 0.731. The molecule has 2 N–H and O–H groups in total. The number of pyridine rings is 1. The Morgan fingerprint density at radius 1 is 1.38 bits per heavy atom. The molecule has 0 aliphatic rings. The Kier molecular flexibility index (Phi) is 4.94. The first-order valence-corrected chi connectivity index (χ1v) is 4.64. The van der Waals surface area contributed by atoms with Crippen LogP contribution in [-0.4, -0.2) is 35.2 Å². The number of hydrogen-bond acceptors (Lipinski definition) is 4. The van der Waals surface area contributed by atoms with Crippen LogP contribution in [0.5, 0.6) is 0 Å². The second-order valence-corrected chi connectivity index (χ2v) is 2.98. The minimum atomic E-state index is -1.10. The van der Waals surface area contributed by atoms with Gasteiger partial charge in [0.25, 0.3) is 0 Å². The van der Waals surface area contributed by atoms with Crippen molar-refractivity contribution in [3.8, 4) is 0 Å². The van der Waals surface area contributed by atoms with Crippen molar-refractivity contribution in [2.75, 3.05) is 13.2 Å². The number of rotatable bonds is 6. The van der Waals surface area contributed by atoms with Gasteiger partial charge >= 0.3 is 5.97 Å². The predicted molar refractivity (Wildman–Crippen MR) is 54.5 cm³/mol. The van der Waals surface area contributed by atoms with Gasteiger partial charge in [-0.3, -0.25) is 9.78 Å². The zero-order chi connectivity index (χ0) is 11.8.